The second-order valence-electron chi connectivity index (χ2n) is 6.86. The number of aliphatic hydroxyl groups is 2. The molecule has 0 aliphatic rings. The fourth-order valence-corrected chi connectivity index (χ4v) is 2.42. The van der Waals surface area contributed by atoms with Gasteiger partial charge in [-0.3, -0.25) is 19.2 Å². The van der Waals surface area contributed by atoms with Crippen LogP contribution in [-0.2, 0) is 24.0 Å². The van der Waals surface area contributed by atoms with Crippen LogP contribution in [0.15, 0.2) is 0 Å². The van der Waals surface area contributed by atoms with Crippen LogP contribution in [-0.4, -0.2) is 93.5 Å². The summed E-state index contributed by atoms with van der Waals surface area (Å²) in [6, 6.07) is -5.96. The molecule has 0 fully saturated rings. The summed E-state index contributed by atoms with van der Waals surface area (Å²) in [5, 5.41) is 43.4. The summed E-state index contributed by atoms with van der Waals surface area (Å²) in [5.74, 6) is -5.75. The number of aliphatic carboxylic acids is 2. The Morgan fingerprint density at radius 3 is 1.94 bits per heavy atom. The van der Waals surface area contributed by atoms with Gasteiger partial charge in [0.1, 0.15) is 18.1 Å². The molecule has 0 aliphatic heterocycles. The first-order chi connectivity index (χ1) is 14.4. The number of nitrogens with two attached hydrogens (primary N) is 2. The fraction of sp³-hybridized carbons (Fsp3) is 0.706. The molecular weight excluding hydrogens is 418 g/mol. The van der Waals surface area contributed by atoms with Crippen LogP contribution >= 0.6 is 0 Å². The Balaban J connectivity index is 5.13. The van der Waals surface area contributed by atoms with Crippen molar-refractivity contribution in [2.45, 2.75) is 62.9 Å². The number of hydrogen-bond donors (Lipinski definition) is 9. The largest absolute Gasteiger partial charge is 0.481 e. The van der Waals surface area contributed by atoms with Crippen molar-refractivity contribution in [1.82, 2.24) is 16.0 Å². The maximum Gasteiger partial charge on any atom is 0.326 e. The number of unbranched alkanes of at least 4 members (excludes halogenated alkanes) is 1. The molecule has 178 valence electrons. The zero-order valence-corrected chi connectivity index (χ0v) is 17.1. The van der Waals surface area contributed by atoms with Crippen LogP contribution in [0.25, 0.3) is 0 Å². The highest BCUT2D eigenvalue weighted by Gasteiger charge is 2.32. The number of rotatable bonds is 15. The number of carboxylic acids is 2. The standard InChI is InChI=1S/C17H31N5O9/c1-8(24)13(16(29)20-10(17(30)31)4-2-3-5-18)22-15(28)11(7-23)21-14(27)9(19)6-12(25)26/h8-11,13,23-24H,2-7,18-19H2,1H3,(H,20,29)(H,21,27)(H,22,28)(H,25,26)(H,30,31). The lowest BCUT2D eigenvalue weighted by atomic mass is 10.1. The van der Waals surface area contributed by atoms with Crippen LogP contribution in [0.5, 0.6) is 0 Å². The zero-order chi connectivity index (χ0) is 24.1. The number of hydrogen-bond acceptors (Lipinski definition) is 9. The van der Waals surface area contributed by atoms with E-state index in [9.17, 15) is 39.3 Å². The van der Waals surface area contributed by atoms with Crippen LogP contribution in [0.2, 0.25) is 0 Å². The van der Waals surface area contributed by atoms with E-state index in [1.54, 1.807) is 0 Å². The maximum atomic E-state index is 12.4. The monoisotopic (exact) mass is 449 g/mol. The van der Waals surface area contributed by atoms with E-state index in [2.05, 4.69) is 10.6 Å². The first kappa shape index (κ1) is 28.2. The van der Waals surface area contributed by atoms with Gasteiger partial charge in [-0.05, 0) is 32.7 Å². The summed E-state index contributed by atoms with van der Waals surface area (Å²) < 4.78 is 0. The summed E-state index contributed by atoms with van der Waals surface area (Å²) in [6.45, 7) is 0.601. The fourth-order valence-electron chi connectivity index (χ4n) is 2.42. The molecule has 0 rings (SSSR count). The first-order valence-electron chi connectivity index (χ1n) is 9.54. The van der Waals surface area contributed by atoms with Crippen LogP contribution in [0.1, 0.15) is 32.6 Å². The molecule has 0 aromatic heterocycles. The minimum Gasteiger partial charge on any atom is -0.481 e. The number of carboxylic acid groups (broad SMARTS) is 2. The lowest BCUT2D eigenvalue weighted by Gasteiger charge is -2.25. The maximum absolute atomic E-state index is 12.4. The normalized spacial score (nSPS) is 15.6. The molecule has 0 aromatic rings. The average Bonchev–Trinajstić information content (AvgIpc) is 2.67. The van der Waals surface area contributed by atoms with Gasteiger partial charge in [-0.25, -0.2) is 4.79 Å². The molecule has 0 radical (unpaired) electrons. The summed E-state index contributed by atoms with van der Waals surface area (Å²) in [6.07, 6.45) is -1.13. The quantitative estimate of drug-likeness (QED) is 0.108. The predicted octanol–water partition coefficient (Wildman–Crippen LogP) is -4.17. The second kappa shape index (κ2) is 14.2. The topological polar surface area (TPSA) is 254 Å². The molecular formula is C17H31N5O9. The van der Waals surface area contributed by atoms with Crippen molar-refractivity contribution in [1.29, 1.82) is 0 Å². The van der Waals surface area contributed by atoms with Gasteiger partial charge in [0.15, 0.2) is 0 Å². The molecule has 14 heteroatoms. The van der Waals surface area contributed by atoms with E-state index in [-0.39, 0.29) is 6.42 Å². The van der Waals surface area contributed by atoms with E-state index in [0.29, 0.717) is 19.4 Å². The third-order valence-electron chi connectivity index (χ3n) is 4.17. The summed E-state index contributed by atoms with van der Waals surface area (Å²) in [7, 11) is 0. The molecule has 0 heterocycles. The SMILES string of the molecule is CC(O)C(NC(=O)C(CO)NC(=O)C(N)CC(=O)O)C(=O)NC(CCCCN)C(=O)O. The number of aliphatic hydroxyl groups excluding tert-OH is 2. The van der Waals surface area contributed by atoms with Crippen molar-refractivity contribution in [3.63, 3.8) is 0 Å². The van der Waals surface area contributed by atoms with Gasteiger partial charge in [0.2, 0.25) is 17.7 Å². The van der Waals surface area contributed by atoms with E-state index in [1.165, 1.54) is 6.92 Å². The molecule has 0 spiro atoms. The van der Waals surface area contributed by atoms with E-state index < -0.39 is 73.0 Å². The van der Waals surface area contributed by atoms with Gasteiger partial charge in [0, 0.05) is 0 Å². The molecule has 0 saturated heterocycles. The predicted molar refractivity (Wildman–Crippen MR) is 105 cm³/mol. The zero-order valence-electron chi connectivity index (χ0n) is 17.1. The van der Waals surface area contributed by atoms with E-state index in [0.717, 1.165) is 0 Å². The van der Waals surface area contributed by atoms with E-state index >= 15 is 0 Å². The Bertz CT molecular complexity index is 643. The number of carbonyl (C=O) groups excluding carboxylic acids is 3. The molecule has 5 unspecified atom stereocenters. The van der Waals surface area contributed by atoms with Gasteiger partial charge in [-0.1, -0.05) is 0 Å². The van der Waals surface area contributed by atoms with Crippen LogP contribution < -0.4 is 27.4 Å². The lowest BCUT2D eigenvalue weighted by molar-refractivity contribution is -0.143. The van der Waals surface area contributed by atoms with Gasteiger partial charge < -0.3 is 47.8 Å². The van der Waals surface area contributed by atoms with E-state index in [4.69, 9.17) is 16.6 Å². The Hall–Kier alpha value is -2.81. The molecule has 0 aliphatic carbocycles. The van der Waals surface area contributed by atoms with Crippen molar-refractivity contribution in [2.24, 2.45) is 11.5 Å². The lowest BCUT2D eigenvalue weighted by Crippen LogP contribution is -2.60. The summed E-state index contributed by atoms with van der Waals surface area (Å²) >= 11 is 0. The van der Waals surface area contributed by atoms with Gasteiger partial charge >= 0.3 is 11.9 Å². The molecule has 11 N–H and O–H groups in total. The van der Waals surface area contributed by atoms with Crippen LogP contribution in [0.3, 0.4) is 0 Å². The highest BCUT2D eigenvalue weighted by molar-refractivity contribution is 5.95. The van der Waals surface area contributed by atoms with Crippen LogP contribution in [0.4, 0.5) is 0 Å². The Morgan fingerprint density at radius 2 is 1.48 bits per heavy atom. The number of nitrogens with one attached hydrogen (secondary N) is 3. The molecule has 31 heavy (non-hydrogen) atoms. The second-order valence-corrected chi connectivity index (χ2v) is 6.86. The van der Waals surface area contributed by atoms with Gasteiger partial charge in [0.05, 0.1) is 25.2 Å². The first-order valence-corrected chi connectivity index (χ1v) is 9.54. The van der Waals surface area contributed by atoms with Crippen molar-refractivity contribution in [2.75, 3.05) is 13.2 Å². The highest BCUT2D eigenvalue weighted by atomic mass is 16.4. The smallest absolute Gasteiger partial charge is 0.326 e. The minimum absolute atomic E-state index is 0.0789. The Labute approximate surface area is 178 Å². The van der Waals surface area contributed by atoms with Gasteiger partial charge in [-0.2, -0.15) is 0 Å². The molecule has 0 bridgehead atoms. The van der Waals surface area contributed by atoms with E-state index in [1.807, 2.05) is 5.32 Å². The molecule has 3 amide bonds. The summed E-state index contributed by atoms with van der Waals surface area (Å²) in [5.41, 5.74) is 10.7. The average molecular weight is 449 g/mol. The van der Waals surface area contributed by atoms with Crippen molar-refractivity contribution in [3.05, 3.63) is 0 Å². The van der Waals surface area contributed by atoms with Crippen LogP contribution in [0, 0.1) is 0 Å². The third-order valence-corrected chi connectivity index (χ3v) is 4.17. The molecule has 14 nitrogen and oxygen atoms in total. The molecule has 0 saturated carbocycles. The van der Waals surface area contributed by atoms with Gasteiger partial charge in [-0.15, -0.1) is 0 Å². The third kappa shape index (κ3) is 10.7. The molecule has 0 aromatic carbocycles. The number of amides is 3. The van der Waals surface area contributed by atoms with Crippen molar-refractivity contribution in [3.8, 4) is 0 Å². The van der Waals surface area contributed by atoms with Gasteiger partial charge in [0.25, 0.3) is 0 Å². The Kier molecular flexibility index (Phi) is 12.9. The minimum atomic E-state index is -1.60. The highest BCUT2D eigenvalue weighted by Crippen LogP contribution is 2.03. The summed E-state index contributed by atoms with van der Waals surface area (Å²) in [4.78, 5) is 58.6. The molecule has 5 atom stereocenters. The Morgan fingerprint density at radius 1 is 0.903 bits per heavy atom. The van der Waals surface area contributed by atoms with Crippen molar-refractivity contribution >= 4 is 29.7 Å². The number of carbonyl (C=O) groups is 5. The van der Waals surface area contributed by atoms with Crippen molar-refractivity contribution < 1.29 is 44.4 Å².